The number of nitrogens with zero attached hydrogens (tertiary/aromatic N) is 3. The average molecular weight is 494 g/mol. The van der Waals surface area contributed by atoms with Gasteiger partial charge in [0.15, 0.2) is 34.9 Å². The first-order valence-electron chi connectivity index (χ1n) is 11.8. The van der Waals surface area contributed by atoms with Gasteiger partial charge in [0, 0.05) is 0 Å². The number of unbranched alkanes of at least 4 members (excludes halogenated alkanes) is 3. The number of rotatable bonds is 9. The summed E-state index contributed by atoms with van der Waals surface area (Å²) in [6.07, 6.45) is 5.91. The van der Waals surface area contributed by atoms with Crippen LogP contribution in [-0.2, 0) is 0 Å². The van der Waals surface area contributed by atoms with Crippen LogP contribution in [-0.4, -0.2) is 34.9 Å². The first-order valence-corrected chi connectivity index (χ1v) is 12.6. The Bertz CT molecular complexity index is 1430. The zero-order valence-electron chi connectivity index (χ0n) is 19.7. The number of thiazole rings is 1. The van der Waals surface area contributed by atoms with Gasteiger partial charge in [-0.2, -0.15) is 9.50 Å². The van der Waals surface area contributed by atoms with Crippen LogP contribution in [0.25, 0.3) is 11.0 Å². The van der Waals surface area contributed by atoms with Gasteiger partial charge in [-0.3, -0.25) is 4.79 Å². The van der Waals surface area contributed by atoms with Crippen molar-refractivity contribution in [1.82, 2.24) is 14.6 Å². The van der Waals surface area contributed by atoms with Crippen molar-refractivity contribution in [3.8, 4) is 23.0 Å². The number of hydrogen-bond acceptors (Lipinski definition) is 8. The van der Waals surface area contributed by atoms with Crippen LogP contribution < -0.4 is 29.0 Å². The summed E-state index contributed by atoms with van der Waals surface area (Å²) < 4.78 is 25.0. The molecule has 3 heterocycles. The number of methoxy groups -OCH3 is 1. The third kappa shape index (κ3) is 4.95. The van der Waals surface area contributed by atoms with Crippen LogP contribution in [0, 0.1) is 0 Å². The second-order valence-electron chi connectivity index (χ2n) is 8.26. The highest BCUT2D eigenvalue weighted by molar-refractivity contribution is 7.15. The molecule has 0 radical (unpaired) electrons. The number of para-hydroxylation sites is 2. The van der Waals surface area contributed by atoms with Crippen molar-refractivity contribution in [1.29, 1.82) is 0 Å². The van der Waals surface area contributed by atoms with E-state index < -0.39 is 6.10 Å². The molecule has 35 heavy (non-hydrogen) atoms. The molecule has 1 atom stereocenters. The zero-order chi connectivity index (χ0) is 24.2. The first kappa shape index (κ1) is 23.2. The van der Waals surface area contributed by atoms with Gasteiger partial charge in [0.25, 0.3) is 5.56 Å². The Labute approximate surface area is 206 Å². The molecule has 0 aliphatic carbocycles. The third-order valence-corrected chi connectivity index (χ3v) is 6.69. The maximum absolute atomic E-state index is 13.0. The maximum atomic E-state index is 13.0. The van der Waals surface area contributed by atoms with Gasteiger partial charge in [-0.1, -0.05) is 55.7 Å². The van der Waals surface area contributed by atoms with Gasteiger partial charge in [-0.25, -0.2) is 0 Å². The Hall–Kier alpha value is -3.59. The van der Waals surface area contributed by atoms with Crippen LogP contribution in [0.15, 0.2) is 47.3 Å². The highest BCUT2D eigenvalue weighted by Crippen LogP contribution is 2.35. The predicted molar refractivity (Wildman–Crippen MR) is 134 cm³/mol. The molecule has 1 aliphatic rings. The van der Waals surface area contributed by atoms with E-state index in [-0.39, 0.29) is 12.2 Å². The number of ether oxygens (including phenoxy) is 4. The van der Waals surface area contributed by atoms with E-state index in [4.69, 9.17) is 18.9 Å². The third-order valence-electron chi connectivity index (χ3n) is 5.74. The lowest BCUT2D eigenvalue weighted by molar-refractivity contribution is 0.0852. The second-order valence-corrected chi connectivity index (χ2v) is 9.27. The lowest BCUT2D eigenvalue weighted by Gasteiger charge is -2.24. The van der Waals surface area contributed by atoms with E-state index >= 15 is 0 Å². The van der Waals surface area contributed by atoms with Crippen LogP contribution in [0.2, 0.25) is 0 Å². The summed E-state index contributed by atoms with van der Waals surface area (Å²) in [5, 5.41) is 4.41. The SMILES string of the molecule is CCCCCCOc1ccc(/C=c2\sc3nc([C@@H]4COc5ccccc5O4)nn3c2=O)cc1OC. The summed E-state index contributed by atoms with van der Waals surface area (Å²) in [7, 11) is 1.61. The molecule has 1 aliphatic heterocycles. The molecular formula is C26H27N3O5S. The fourth-order valence-corrected chi connectivity index (χ4v) is 4.80. The Balaban J connectivity index is 1.34. The van der Waals surface area contributed by atoms with Crippen LogP contribution in [0.5, 0.6) is 23.0 Å². The molecule has 9 heteroatoms. The molecule has 0 fully saturated rings. The van der Waals surface area contributed by atoms with Crippen molar-refractivity contribution in [2.45, 2.75) is 38.7 Å². The second kappa shape index (κ2) is 10.4. The molecule has 0 spiro atoms. The molecule has 0 bridgehead atoms. The molecule has 4 aromatic rings. The molecule has 0 amide bonds. The Morgan fingerprint density at radius 3 is 2.80 bits per heavy atom. The van der Waals surface area contributed by atoms with E-state index in [1.165, 1.54) is 28.7 Å². The standard InChI is InChI=1S/C26H27N3O5S/c1-3-4-5-8-13-32-19-12-11-17(14-21(19)31-2)15-23-25(30)29-26(35-23)27-24(28-29)22-16-33-18-9-6-7-10-20(18)34-22/h6-7,9-12,14-15,22H,3-5,8,13,16H2,1-2H3/b23-15-/t22-/m0/s1. The van der Waals surface area contributed by atoms with Gasteiger partial charge in [0.2, 0.25) is 4.96 Å². The Morgan fingerprint density at radius 1 is 1.14 bits per heavy atom. The summed E-state index contributed by atoms with van der Waals surface area (Å²) in [6.45, 7) is 3.13. The van der Waals surface area contributed by atoms with Crippen molar-refractivity contribution in [3.63, 3.8) is 0 Å². The molecule has 0 unspecified atom stereocenters. The van der Waals surface area contributed by atoms with Crippen LogP contribution in [0.4, 0.5) is 0 Å². The molecule has 2 aromatic carbocycles. The van der Waals surface area contributed by atoms with E-state index in [1.807, 2.05) is 48.5 Å². The summed E-state index contributed by atoms with van der Waals surface area (Å²) in [4.78, 5) is 18.0. The smallest absolute Gasteiger partial charge is 0.291 e. The summed E-state index contributed by atoms with van der Waals surface area (Å²) in [5.74, 6) is 3.09. The summed E-state index contributed by atoms with van der Waals surface area (Å²) in [6, 6.07) is 13.1. The molecule has 0 N–H and O–H groups in total. The van der Waals surface area contributed by atoms with Gasteiger partial charge in [0.1, 0.15) is 6.61 Å². The van der Waals surface area contributed by atoms with Gasteiger partial charge in [0.05, 0.1) is 18.2 Å². The van der Waals surface area contributed by atoms with E-state index in [9.17, 15) is 4.79 Å². The Morgan fingerprint density at radius 2 is 2.00 bits per heavy atom. The maximum Gasteiger partial charge on any atom is 0.291 e. The van der Waals surface area contributed by atoms with Gasteiger partial charge < -0.3 is 18.9 Å². The highest BCUT2D eigenvalue weighted by atomic mass is 32.1. The van der Waals surface area contributed by atoms with Crippen LogP contribution >= 0.6 is 11.3 Å². The van der Waals surface area contributed by atoms with Crippen LogP contribution in [0.1, 0.15) is 50.1 Å². The van der Waals surface area contributed by atoms with Gasteiger partial charge in [-0.15, -0.1) is 5.10 Å². The van der Waals surface area contributed by atoms with Crippen LogP contribution in [0.3, 0.4) is 0 Å². The van der Waals surface area contributed by atoms with Crippen molar-refractivity contribution >= 4 is 22.4 Å². The first-order chi connectivity index (χ1) is 17.2. The quantitative estimate of drug-likeness (QED) is 0.324. The number of benzene rings is 2. The lowest BCUT2D eigenvalue weighted by Crippen LogP contribution is -2.26. The molecular weight excluding hydrogens is 466 g/mol. The summed E-state index contributed by atoms with van der Waals surface area (Å²) in [5.41, 5.74) is 0.610. The van der Waals surface area contributed by atoms with E-state index in [2.05, 4.69) is 17.0 Å². The minimum absolute atomic E-state index is 0.226. The van der Waals surface area contributed by atoms with Gasteiger partial charge in [-0.05, 0) is 42.3 Å². The number of aromatic nitrogens is 3. The van der Waals surface area contributed by atoms with Gasteiger partial charge >= 0.3 is 0 Å². The fraction of sp³-hybridized carbons (Fsp3) is 0.346. The minimum atomic E-state index is -0.470. The topological polar surface area (TPSA) is 84.2 Å². The predicted octanol–water partition coefficient (Wildman–Crippen LogP) is 4.18. The lowest BCUT2D eigenvalue weighted by atomic mass is 10.2. The molecule has 0 saturated carbocycles. The largest absolute Gasteiger partial charge is 0.493 e. The molecule has 0 saturated heterocycles. The number of hydrogen-bond donors (Lipinski definition) is 0. The van der Waals surface area contributed by atoms with E-state index in [0.29, 0.717) is 44.9 Å². The fourth-order valence-electron chi connectivity index (χ4n) is 3.89. The molecule has 5 rings (SSSR count). The molecule has 2 aromatic heterocycles. The average Bonchev–Trinajstić information content (AvgIpc) is 3.43. The van der Waals surface area contributed by atoms with Crippen molar-refractivity contribution in [2.24, 2.45) is 0 Å². The normalized spacial score (nSPS) is 15.5. The monoisotopic (exact) mass is 493 g/mol. The van der Waals surface area contributed by atoms with Crippen molar-refractivity contribution < 1.29 is 18.9 Å². The van der Waals surface area contributed by atoms with E-state index in [1.54, 1.807) is 7.11 Å². The van der Waals surface area contributed by atoms with Crippen molar-refractivity contribution in [2.75, 3.05) is 20.3 Å². The van der Waals surface area contributed by atoms with E-state index in [0.717, 1.165) is 18.4 Å². The number of fused-ring (bicyclic) bond motifs is 2. The summed E-state index contributed by atoms with van der Waals surface area (Å²) >= 11 is 1.28. The zero-order valence-corrected chi connectivity index (χ0v) is 20.5. The molecule has 8 nitrogen and oxygen atoms in total. The minimum Gasteiger partial charge on any atom is -0.493 e. The molecule has 182 valence electrons. The highest BCUT2D eigenvalue weighted by Gasteiger charge is 2.27. The Kier molecular flexibility index (Phi) is 6.85. The van der Waals surface area contributed by atoms with Crippen molar-refractivity contribution in [3.05, 3.63) is 68.7 Å².